The van der Waals surface area contributed by atoms with Gasteiger partial charge in [-0.1, -0.05) is 89.3 Å². The van der Waals surface area contributed by atoms with Crippen molar-refractivity contribution in [1.82, 2.24) is 5.32 Å². The SMILES string of the molecule is CCCCCCCCCCCCCCSC(=NCC)NCC. The highest BCUT2D eigenvalue weighted by Crippen LogP contribution is 2.13. The molecule has 0 aromatic carbocycles. The molecule has 0 aromatic rings. The minimum Gasteiger partial charge on any atom is -0.365 e. The first-order chi connectivity index (χ1) is 10.8. The zero-order valence-electron chi connectivity index (χ0n) is 15.5. The summed E-state index contributed by atoms with van der Waals surface area (Å²) >= 11 is 1.89. The number of amidine groups is 1. The van der Waals surface area contributed by atoms with E-state index in [9.17, 15) is 0 Å². The van der Waals surface area contributed by atoms with Gasteiger partial charge in [-0.2, -0.15) is 0 Å². The van der Waals surface area contributed by atoms with E-state index in [1.165, 1.54) is 82.8 Å². The Morgan fingerprint density at radius 2 is 1.23 bits per heavy atom. The maximum atomic E-state index is 4.48. The molecule has 132 valence electrons. The van der Waals surface area contributed by atoms with E-state index in [-0.39, 0.29) is 0 Å². The molecule has 0 unspecified atom stereocenters. The van der Waals surface area contributed by atoms with Crippen LogP contribution in [0.1, 0.15) is 97.8 Å². The number of thioether (sulfide) groups is 1. The predicted molar refractivity (Wildman–Crippen MR) is 105 cm³/mol. The van der Waals surface area contributed by atoms with Crippen LogP contribution < -0.4 is 5.32 Å². The van der Waals surface area contributed by atoms with Crippen LogP contribution in [0.4, 0.5) is 0 Å². The highest BCUT2D eigenvalue weighted by Gasteiger charge is 1.98. The Labute approximate surface area is 144 Å². The van der Waals surface area contributed by atoms with Crippen LogP contribution >= 0.6 is 11.8 Å². The maximum absolute atomic E-state index is 4.48. The molecule has 0 aliphatic heterocycles. The van der Waals surface area contributed by atoms with Crippen LogP contribution in [0.25, 0.3) is 0 Å². The first kappa shape index (κ1) is 21.8. The maximum Gasteiger partial charge on any atom is 0.156 e. The number of nitrogens with zero attached hydrogens (tertiary/aromatic N) is 1. The normalized spacial score (nSPS) is 11.9. The van der Waals surface area contributed by atoms with E-state index in [1.807, 2.05) is 11.8 Å². The number of unbranched alkanes of at least 4 members (excludes halogenated alkanes) is 11. The van der Waals surface area contributed by atoms with Crippen LogP contribution in [0.3, 0.4) is 0 Å². The summed E-state index contributed by atoms with van der Waals surface area (Å²) in [6.45, 7) is 8.38. The number of rotatable bonds is 15. The third kappa shape index (κ3) is 16.2. The van der Waals surface area contributed by atoms with Crippen LogP contribution in [-0.4, -0.2) is 24.0 Å². The van der Waals surface area contributed by atoms with Gasteiger partial charge in [0.25, 0.3) is 0 Å². The number of hydrogen-bond donors (Lipinski definition) is 1. The van der Waals surface area contributed by atoms with Crippen molar-refractivity contribution >= 4 is 16.9 Å². The Morgan fingerprint density at radius 3 is 1.68 bits per heavy atom. The van der Waals surface area contributed by atoms with E-state index in [0.29, 0.717) is 0 Å². The van der Waals surface area contributed by atoms with Crippen molar-refractivity contribution in [3.63, 3.8) is 0 Å². The van der Waals surface area contributed by atoms with Gasteiger partial charge < -0.3 is 5.32 Å². The molecule has 0 amide bonds. The first-order valence-corrected chi connectivity index (χ1v) is 10.7. The van der Waals surface area contributed by atoms with Gasteiger partial charge in [-0.05, 0) is 20.3 Å². The molecular weight excluding hydrogens is 288 g/mol. The minimum absolute atomic E-state index is 0.883. The molecule has 0 spiro atoms. The van der Waals surface area contributed by atoms with Gasteiger partial charge in [0, 0.05) is 18.8 Å². The third-order valence-electron chi connectivity index (χ3n) is 3.87. The Morgan fingerprint density at radius 1 is 0.727 bits per heavy atom. The largest absolute Gasteiger partial charge is 0.365 e. The van der Waals surface area contributed by atoms with Crippen LogP contribution in [0.2, 0.25) is 0 Å². The second-order valence-corrected chi connectivity index (χ2v) is 7.13. The van der Waals surface area contributed by atoms with Gasteiger partial charge in [-0.15, -0.1) is 0 Å². The zero-order valence-corrected chi connectivity index (χ0v) is 16.3. The molecule has 0 atom stereocenters. The average Bonchev–Trinajstić information content (AvgIpc) is 2.52. The van der Waals surface area contributed by atoms with Gasteiger partial charge in [-0.25, -0.2) is 0 Å². The summed E-state index contributed by atoms with van der Waals surface area (Å²) < 4.78 is 0. The van der Waals surface area contributed by atoms with Gasteiger partial charge in [0.2, 0.25) is 0 Å². The van der Waals surface area contributed by atoms with Crippen molar-refractivity contribution in [2.24, 2.45) is 4.99 Å². The molecule has 0 aromatic heterocycles. The van der Waals surface area contributed by atoms with Gasteiger partial charge in [-0.3, -0.25) is 4.99 Å². The second kappa shape index (κ2) is 18.9. The van der Waals surface area contributed by atoms with E-state index in [0.717, 1.165) is 18.3 Å². The van der Waals surface area contributed by atoms with Crippen LogP contribution in [0.15, 0.2) is 4.99 Å². The van der Waals surface area contributed by atoms with Crippen molar-refractivity contribution in [2.45, 2.75) is 97.8 Å². The lowest BCUT2D eigenvalue weighted by Gasteiger charge is -2.07. The zero-order chi connectivity index (χ0) is 16.3. The lowest BCUT2D eigenvalue weighted by Crippen LogP contribution is -2.20. The molecule has 0 saturated carbocycles. The van der Waals surface area contributed by atoms with Crippen LogP contribution in [0.5, 0.6) is 0 Å². The monoisotopic (exact) mass is 328 g/mol. The molecule has 0 aliphatic rings. The van der Waals surface area contributed by atoms with Crippen molar-refractivity contribution in [1.29, 1.82) is 0 Å². The molecule has 0 heterocycles. The standard InChI is InChI=1S/C19H40N2S/c1-4-7-8-9-10-11-12-13-14-15-16-17-18-22-19(20-5-2)21-6-3/h4-18H2,1-3H3,(H,20,21). The molecule has 2 nitrogen and oxygen atoms in total. The van der Waals surface area contributed by atoms with E-state index in [1.54, 1.807) is 0 Å². The Hall–Kier alpha value is -0.180. The fourth-order valence-electron chi connectivity index (χ4n) is 2.56. The summed E-state index contributed by atoms with van der Waals surface area (Å²) in [5, 5.41) is 4.47. The third-order valence-corrected chi connectivity index (χ3v) is 4.91. The van der Waals surface area contributed by atoms with Gasteiger partial charge in [0.15, 0.2) is 5.17 Å². The first-order valence-electron chi connectivity index (χ1n) is 9.76. The molecule has 0 radical (unpaired) electrons. The number of nitrogens with one attached hydrogen (secondary N) is 1. The number of hydrogen-bond acceptors (Lipinski definition) is 2. The topological polar surface area (TPSA) is 24.4 Å². The molecule has 22 heavy (non-hydrogen) atoms. The molecule has 0 rings (SSSR count). The molecule has 0 bridgehead atoms. The van der Waals surface area contributed by atoms with Gasteiger partial charge >= 0.3 is 0 Å². The molecule has 0 aliphatic carbocycles. The Kier molecular flexibility index (Phi) is 18.7. The average molecular weight is 329 g/mol. The molecule has 0 saturated heterocycles. The summed E-state index contributed by atoms with van der Waals surface area (Å²) in [6, 6.07) is 0. The molecule has 3 heteroatoms. The summed E-state index contributed by atoms with van der Waals surface area (Å²) in [7, 11) is 0. The van der Waals surface area contributed by atoms with Crippen molar-refractivity contribution < 1.29 is 0 Å². The van der Waals surface area contributed by atoms with Crippen LogP contribution in [-0.2, 0) is 0 Å². The van der Waals surface area contributed by atoms with E-state index in [2.05, 4.69) is 31.1 Å². The lowest BCUT2D eigenvalue weighted by atomic mass is 10.1. The van der Waals surface area contributed by atoms with Gasteiger partial charge in [0.1, 0.15) is 0 Å². The molecule has 0 fully saturated rings. The number of aliphatic imine (C=N–C) groups is 1. The Bertz CT molecular complexity index is 242. The summed E-state index contributed by atoms with van der Waals surface area (Å²) in [4.78, 5) is 4.48. The minimum atomic E-state index is 0.883. The Balaban J connectivity index is 3.21. The van der Waals surface area contributed by atoms with Crippen molar-refractivity contribution in [3.8, 4) is 0 Å². The van der Waals surface area contributed by atoms with Crippen molar-refractivity contribution in [3.05, 3.63) is 0 Å². The quantitative estimate of drug-likeness (QED) is 0.213. The molecule has 1 N–H and O–H groups in total. The van der Waals surface area contributed by atoms with E-state index in [4.69, 9.17) is 0 Å². The van der Waals surface area contributed by atoms with E-state index < -0.39 is 0 Å². The highest BCUT2D eigenvalue weighted by molar-refractivity contribution is 8.13. The van der Waals surface area contributed by atoms with Crippen LogP contribution in [0, 0.1) is 0 Å². The second-order valence-electron chi connectivity index (χ2n) is 6.05. The fourth-order valence-corrected chi connectivity index (χ4v) is 3.57. The van der Waals surface area contributed by atoms with Crippen molar-refractivity contribution in [2.75, 3.05) is 18.8 Å². The van der Waals surface area contributed by atoms with E-state index >= 15 is 0 Å². The fraction of sp³-hybridized carbons (Fsp3) is 0.947. The van der Waals surface area contributed by atoms with Gasteiger partial charge in [0.05, 0.1) is 0 Å². The molecular formula is C19H40N2S. The summed E-state index contributed by atoms with van der Waals surface area (Å²) in [6.07, 6.45) is 17.1. The smallest absolute Gasteiger partial charge is 0.156 e. The lowest BCUT2D eigenvalue weighted by molar-refractivity contribution is 0.548. The summed E-state index contributed by atoms with van der Waals surface area (Å²) in [5.74, 6) is 1.21. The predicted octanol–water partition coefficient (Wildman–Crippen LogP) is 6.41. The highest BCUT2D eigenvalue weighted by atomic mass is 32.2. The summed E-state index contributed by atoms with van der Waals surface area (Å²) in [5.41, 5.74) is 0.